The summed E-state index contributed by atoms with van der Waals surface area (Å²) < 4.78 is 44.4. The molecule has 25 heavy (non-hydrogen) atoms. The van der Waals surface area contributed by atoms with Crippen molar-refractivity contribution in [2.24, 2.45) is 4.99 Å². The molecule has 1 atom stereocenters. The zero-order chi connectivity index (χ0) is 18.3. The number of hydrogen-bond donors (Lipinski definition) is 3. The van der Waals surface area contributed by atoms with Gasteiger partial charge in [-0.2, -0.15) is 13.2 Å². The number of ether oxygens (including phenoxy) is 1. The normalized spacial score (nSPS) is 21.2. The highest BCUT2D eigenvalue weighted by atomic mass is 19.4. The number of halogens is 3. The molecule has 1 aromatic heterocycles. The first-order valence-corrected chi connectivity index (χ1v) is 8.19. The fourth-order valence-corrected chi connectivity index (χ4v) is 2.60. The number of guanidine groups is 1. The number of hydrogen-bond acceptors (Lipinski definition) is 4. The van der Waals surface area contributed by atoms with Crippen molar-refractivity contribution in [2.75, 3.05) is 38.6 Å². The van der Waals surface area contributed by atoms with Crippen LogP contribution in [0.2, 0.25) is 0 Å². The smallest absolute Gasteiger partial charge is 0.373 e. The van der Waals surface area contributed by atoms with E-state index in [2.05, 4.69) is 25.9 Å². The molecule has 9 heteroatoms. The molecule has 1 unspecified atom stereocenters. The number of anilines is 1. The van der Waals surface area contributed by atoms with Crippen LogP contribution in [0.4, 0.5) is 19.0 Å². The van der Waals surface area contributed by atoms with Crippen molar-refractivity contribution >= 4 is 11.8 Å². The molecule has 1 aliphatic heterocycles. The quantitative estimate of drug-likeness (QED) is 0.413. The molecular formula is C16H24F3N5O. The summed E-state index contributed by atoms with van der Waals surface area (Å²) in [5.74, 6) is 0.405. The third kappa shape index (κ3) is 5.77. The molecule has 1 aromatic rings. The summed E-state index contributed by atoms with van der Waals surface area (Å²) >= 11 is 0. The lowest BCUT2D eigenvalue weighted by Crippen LogP contribution is -2.46. The fraction of sp³-hybridized carbons (Fsp3) is 0.625. The van der Waals surface area contributed by atoms with E-state index >= 15 is 0 Å². The van der Waals surface area contributed by atoms with Crippen LogP contribution in [0.5, 0.6) is 0 Å². The molecule has 0 spiro atoms. The molecule has 140 valence electrons. The van der Waals surface area contributed by atoms with E-state index in [0.717, 1.165) is 25.5 Å². The van der Waals surface area contributed by atoms with E-state index in [4.69, 9.17) is 4.74 Å². The number of rotatable bonds is 6. The van der Waals surface area contributed by atoms with Gasteiger partial charge in [0.15, 0.2) is 5.96 Å². The lowest BCUT2D eigenvalue weighted by molar-refractivity contribution is -0.137. The summed E-state index contributed by atoms with van der Waals surface area (Å²) in [6.45, 7) is 4.10. The second-order valence-corrected chi connectivity index (χ2v) is 6.08. The Morgan fingerprint density at radius 1 is 1.36 bits per heavy atom. The van der Waals surface area contributed by atoms with Crippen molar-refractivity contribution in [1.82, 2.24) is 15.6 Å². The molecule has 0 radical (unpaired) electrons. The molecule has 2 rings (SSSR count). The molecule has 0 aliphatic carbocycles. The molecule has 0 saturated carbocycles. The number of aromatic nitrogens is 1. The lowest BCUT2D eigenvalue weighted by Gasteiger charge is -2.24. The van der Waals surface area contributed by atoms with Crippen LogP contribution in [0.15, 0.2) is 23.3 Å². The summed E-state index contributed by atoms with van der Waals surface area (Å²) in [5, 5.41) is 8.93. The van der Waals surface area contributed by atoms with Crippen LogP contribution < -0.4 is 16.0 Å². The number of aliphatic imine (C=N–C) groups is 1. The van der Waals surface area contributed by atoms with Gasteiger partial charge in [0.05, 0.1) is 11.2 Å². The van der Waals surface area contributed by atoms with E-state index in [-0.39, 0.29) is 18.0 Å². The van der Waals surface area contributed by atoms with Gasteiger partial charge in [-0.3, -0.25) is 4.99 Å². The van der Waals surface area contributed by atoms with Crippen molar-refractivity contribution < 1.29 is 17.9 Å². The summed E-state index contributed by atoms with van der Waals surface area (Å²) in [5.41, 5.74) is -0.977. The zero-order valence-electron chi connectivity index (χ0n) is 14.4. The van der Waals surface area contributed by atoms with Crippen LogP contribution in [-0.4, -0.2) is 49.8 Å². The first-order chi connectivity index (χ1) is 11.8. The first-order valence-electron chi connectivity index (χ1n) is 8.19. The Balaban J connectivity index is 1.76. The van der Waals surface area contributed by atoms with E-state index in [0.29, 0.717) is 19.0 Å². The van der Waals surface area contributed by atoms with Gasteiger partial charge in [-0.15, -0.1) is 0 Å². The van der Waals surface area contributed by atoms with E-state index in [1.54, 1.807) is 7.05 Å². The van der Waals surface area contributed by atoms with Gasteiger partial charge < -0.3 is 20.7 Å². The maximum atomic E-state index is 12.9. The molecule has 6 nitrogen and oxygen atoms in total. The van der Waals surface area contributed by atoms with Crippen molar-refractivity contribution in [2.45, 2.75) is 31.5 Å². The van der Waals surface area contributed by atoms with Crippen LogP contribution in [0.25, 0.3) is 0 Å². The minimum absolute atomic E-state index is 0.174. The van der Waals surface area contributed by atoms with Gasteiger partial charge in [0.25, 0.3) is 0 Å². The first kappa shape index (κ1) is 19.3. The number of pyridine rings is 1. The van der Waals surface area contributed by atoms with Gasteiger partial charge >= 0.3 is 6.18 Å². The van der Waals surface area contributed by atoms with Gasteiger partial charge in [0.1, 0.15) is 5.82 Å². The Labute approximate surface area is 145 Å². The SMILES string of the molecule is CN=C(NCCNc1ncccc1C(F)(F)F)NCC1(C)CCCO1. The van der Waals surface area contributed by atoms with Crippen LogP contribution in [0.3, 0.4) is 0 Å². The van der Waals surface area contributed by atoms with Gasteiger partial charge in [-0.1, -0.05) is 0 Å². The van der Waals surface area contributed by atoms with Crippen LogP contribution >= 0.6 is 0 Å². The molecular weight excluding hydrogens is 335 g/mol. The topological polar surface area (TPSA) is 70.6 Å². The maximum Gasteiger partial charge on any atom is 0.419 e. The second kappa shape index (κ2) is 8.37. The summed E-state index contributed by atoms with van der Waals surface area (Å²) in [6, 6.07) is 2.27. The fourth-order valence-electron chi connectivity index (χ4n) is 2.60. The van der Waals surface area contributed by atoms with E-state index < -0.39 is 11.7 Å². The third-order valence-corrected chi connectivity index (χ3v) is 3.98. The van der Waals surface area contributed by atoms with E-state index in [9.17, 15) is 13.2 Å². The predicted molar refractivity (Wildman–Crippen MR) is 90.7 cm³/mol. The van der Waals surface area contributed by atoms with Gasteiger partial charge in [-0.05, 0) is 31.9 Å². The number of nitrogens with zero attached hydrogens (tertiary/aromatic N) is 2. The summed E-state index contributed by atoms with van der Waals surface area (Å²) in [7, 11) is 1.64. The Morgan fingerprint density at radius 2 is 2.16 bits per heavy atom. The summed E-state index contributed by atoms with van der Waals surface area (Å²) in [4.78, 5) is 7.86. The minimum atomic E-state index is -4.43. The Kier molecular flexibility index (Phi) is 6.46. The number of alkyl halides is 3. The maximum absolute atomic E-state index is 12.9. The molecule has 1 aliphatic rings. The zero-order valence-corrected chi connectivity index (χ0v) is 14.4. The standard InChI is InChI=1S/C16H24F3N5O/c1-15(6-4-10-25-15)11-24-14(20-2)23-9-8-22-13-12(16(17,18)19)5-3-7-21-13/h3,5,7H,4,6,8-11H2,1-2H3,(H,21,22)(H2,20,23,24). The van der Waals surface area contributed by atoms with E-state index in [1.165, 1.54) is 12.3 Å². The molecule has 3 N–H and O–H groups in total. The van der Waals surface area contributed by atoms with Crippen molar-refractivity contribution in [1.29, 1.82) is 0 Å². The molecule has 0 bridgehead atoms. The third-order valence-electron chi connectivity index (χ3n) is 3.98. The predicted octanol–water partition coefficient (Wildman–Crippen LogP) is 2.25. The average molecular weight is 359 g/mol. The highest BCUT2D eigenvalue weighted by Crippen LogP contribution is 2.33. The van der Waals surface area contributed by atoms with E-state index in [1.807, 2.05) is 6.92 Å². The summed E-state index contributed by atoms with van der Waals surface area (Å²) in [6.07, 6.45) is -1.08. The molecule has 0 amide bonds. The minimum Gasteiger partial charge on any atom is -0.373 e. The van der Waals surface area contributed by atoms with Crippen LogP contribution in [0, 0.1) is 0 Å². The molecule has 0 aromatic carbocycles. The number of nitrogens with one attached hydrogen (secondary N) is 3. The van der Waals surface area contributed by atoms with Gasteiger partial charge in [-0.25, -0.2) is 4.98 Å². The monoisotopic (exact) mass is 359 g/mol. The highest BCUT2D eigenvalue weighted by Gasteiger charge is 2.34. The van der Waals surface area contributed by atoms with Gasteiger partial charge in [0, 0.05) is 39.5 Å². The second-order valence-electron chi connectivity index (χ2n) is 6.08. The molecule has 1 saturated heterocycles. The lowest BCUT2D eigenvalue weighted by atomic mass is 10.0. The van der Waals surface area contributed by atoms with Gasteiger partial charge in [0.2, 0.25) is 0 Å². The van der Waals surface area contributed by atoms with Crippen molar-refractivity contribution in [3.8, 4) is 0 Å². The average Bonchev–Trinajstić information content (AvgIpc) is 3.00. The Bertz CT molecular complexity index is 585. The Hall–Kier alpha value is -2.03. The van der Waals surface area contributed by atoms with Crippen molar-refractivity contribution in [3.05, 3.63) is 23.9 Å². The largest absolute Gasteiger partial charge is 0.419 e. The Morgan fingerprint density at radius 3 is 2.80 bits per heavy atom. The molecule has 1 fully saturated rings. The van der Waals surface area contributed by atoms with Crippen LogP contribution in [-0.2, 0) is 10.9 Å². The van der Waals surface area contributed by atoms with Crippen molar-refractivity contribution in [3.63, 3.8) is 0 Å². The molecule has 2 heterocycles. The highest BCUT2D eigenvalue weighted by molar-refractivity contribution is 5.79. The van der Waals surface area contributed by atoms with Crippen LogP contribution in [0.1, 0.15) is 25.3 Å².